The number of nitrogens with zero attached hydrogens (tertiary/aromatic N) is 5. The van der Waals surface area contributed by atoms with E-state index < -0.39 is 0 Å². The summed E-state index contributed by atoms with van der Waals surface area (Å²) < 4.78 is 10.9. The van der Waals surface area contributed by atoms with Crippen LogP contribution in [0.4, 0.5) is 0 Å². The van der Waals surface area contributed by atoms with Gasteiger partial charge in [0.15, 0.2) is 17.5 Å². The molecule has 0 bridgehead atoms. The topological polar surface area (TPSA) is 55.8 Å². The second kappa shape index (κ2) is 12.8. The molecule has 180 valence electrons. The number of fused-ring (bicyclic) bond motifs is 1. The molecule has 0 spiro atoms. The number of piperazine rings is 2. The summed E-state index contributed by atoms with van der Waals surface area (Å²) in [6.07, 6.45) is 2.44. The van der Waals surface area contributed by atoms with Gasteiger partial charge in [0.05, 0.1) is 0 Å². The van der Waals surface area contributed by atoms with Crippen LogP contribution < -0.4 is 14.8 Å². The molecule has 1 aromatic carbocycles. The minimum atomic E-state index is 0. The van der Waals surface area contributed by atoms with Crippen molar-refractivity contribution in [1.29, 1.82) is 0 Å². The van der Waals surface area contributed by atoms with Gasteiger partial charge in [-0.1, -0.05) is 6.07 Å². The third-order valence-corrected chi connectivity index (χ3v) is 6.51. The molecule has 3 aliphatic rings. The average molecular weight is 559 g/mol. The molecule has 8 nitrogen and oxygen atoms in total. The minimum absolute atomic E-state index is 0. The number of hydrogen-bond acceptors (Lipinski definition) is 6. The van der Waals surface area contributed by atoms with Crippen LogP contribution in [-0.2, 0) is 6.54 Å². The maximum Gasteiger partial charge on any atom is 0.231 e. The Kier molecular flexibility index (Phi) is 10.1. The molecule has 0 amide bonds. The second-order valence-corrected chi connectivity index (χ2v) is 8.78. The van der Waals surface area contributed by atoms with Crippen molar-refractivity contribution in [3.8, 4) is 11.5 Å². The fourth-order valence-corrected chi connectivity index (χ4v) is 4.48. The van der Waals surface area contributed by atoms with Gasteiger partial charge in [0, 0.05) is 72.5 Å². The van der Waals surface area contributed by atoms with Gasteiger partial charge in [-0.25, -0.2) is 0 Å². The van der Waals surface area contributed by atoms with Gasteiger partial charge in [0.25, 0.3) is 0 Å². The SMILES string of the molecule is CN=C(NCCCCN1CCN(C)CC1)N1CCN(Cc2ccc3c(c2)OCO3)CC1.I. The van der Waals surface area contributed by atoms with E-state index in [1.807, 2.05) is 13.1 Å². The Morgan fingerprint density at radius 1 is 0.938 bits per heavy atom. The Hall–Kier alpha value is -1.30. The standard InChI is InChI=1S/C23H38N6O2.HI/c1-24-23(25-7-3-4-8-27-11-9-26(2)10-12-27)29-15-13-28(14-16-29)18-20-5-6-21-22(17-20)31-19-30-21;/h5-6,17H,3-4,7-16,18-19H2,1-2H3,(H,24,25);1H. The summed E-state index contributed by atoms with van der Waals surface area (Å²) in [5, 5.41) is 3.58. The van der Waals surface area contributed by atoms with Crippen LogP contribution in [0, 0.1) is 0 Å². The van der Waals surface area contributed by atoms with Crippen molar-refractivity contribution >= 4 is 29.9 Å². The van der Waals surface area contributed by atoms with Gasteiger partial charge in [0.1, 0.15) is 0 Å². The lowest BCUT2D eigenvalue weighted by Crippen LogP contribution is -2.52. The molecular formula is C23H39IN6O2. The van der Waals surface area contributed by atoms with Gasteiger partial charge in [0.2, 0.25) is 6.79 Å². The zero-order valence-corrected chi connectivity index (χ0v) is 21.9. The summed E-state index contributed by atoms with van der Waals surface area (Å²) in [6.45, 7) is 12.4. The minimum Gasteiger partial charge on any atom is -0.454 e. The predicted molar refractivity (Wildman–Crippen MR) is 139 cm³/mol. The number of aliphatic imine (C=N–C) groups is 1. The highest BCUT2D eigenvalue weighted by molar-refractivity contribution is 14.0. The van der Waals surface area contributed by atoms with Crippen LogP contribution in [0.25, 0.3) is 0 Å². The van der Waals surface area contributed by atoms with E-state index in [0.29, 0.717) is 6.79 Å². The summed E-state index contributed by atoms with van der Waals surface area (Å²) >= 11 is 0. The zero-order chi connectivity index (χ0) is 21.5. The predicted octanol–water partition coefficient (Wildman–Crippen LogP) is 1.75. The molecule has 3 aliphatic heterocycles. The molecular weight excluding hydrogens is 519 g/mol. The first-order valence-corrected chi connectivity index (χ1v) is 11.7. The first-order chi connectivity index (χ1) is 15.2. The van der Waals surface area contributed by atoms with E-state index in [1.165, 1.54) is 51.1 Å². The Bertz CT molecular complexity index is 733. The van der Waals surface area contributed by atoms with Crippen LogP contribution in [0.5, 0.6) is 11.5 Å². The molecule has 1 N–H and O–H groups in total. The molecule has 2 saturated heterocycles. The summed E-state index contributed by atoms with van der Waals surface area (Å²) in [4.78, 5) is 14.4. The lowest BCUT2D eigenvalue weighted by atomic mass is 10.1. The number of unbranched alkanes of at least 4 members (excludes halogenated alkanes) is 1. The fraction of sp³-hybridized carbons (Fsp3) is 0.696. The molecule has 2 fully saturated rings. The fourth-order valence-electron chi connectivity index (χ4n) is 4.48. The van der Waals surface area contributed by atoms with Crippen LogP contribution in [-0.4, -0.2) is 112 Å². The normalized spacial score (nSPS) is 20.3. The van der Waals surface area contributed by atoms with E-state index in [1.54, 1.807) is 0 Å². The van der Waals surface area contributed by atoms with Crippen molar-refractivity contribution in [2.24, 2.45) is 4.99 Å². The molecule has 0 radical (unpaired) electrons. The lowest BCUT2D eigenvalue weighted by molar-refractivity contribution is 0.152. The maximum absolute atomic E-state index is 5.51. The smallest absolute Gasteiger partial charge is 0.231 e. The van der Waals surface area contributed by atoms with Crippen molar-refractivity contribution in [2.75, 3.05) is 86.3 Å². The zero-order valence-electron chi connectivity index (χ0n) is 19.6. The summed E-state index contributed by atoms with van der Waals surface area (Å²) in [6, 6.07) is 6.27. The molecule has 3 heterocycles. The van der Waals surface area contributed by atoms with Crippen molar-refractivity contribution < 1.29 is 9.47 Å². The molecule has 0 atom stereocenters. The largest absolute Gasteiger partial charge is 0.454 e. The van der Waals surface area contributed by atoms with E-state index in [0.717, 1.165) is 56.7 Å². The molecule has 4 rings (SSSR count). The van der Waals surface area contributed by atoms with E-state index >= 15 is 0 Å². The molecule has 0 aliphatic carbocycles. The van der Waals surface area contributed by atoms with Gasteiger partial charge in [-0.2, -0.15) is 0 Å². The summed E-state index contributed by atoms with van der Waals surface area (Å²) in [5.74, 6) is 2.77. The van der Waals surface area contributed by atoms with Crippen LogP contribution in [0.1, 0.15) is 18.4 Å². The summed E-state index contributed by atoms with van der Waals surface area (Å²) in [7, 11) is 4.11. The number of rotatable bonds is 7. The maximum atomic E-state index is 5.51. The number of likely N-dealkylation sites (N-methyl/N-ethyl adjacent to an activating group) is 1. The van der Waals surface area contributed by atoms with Gasteiger partial charge in [-0.15, -0.1) is 24.0 Å². The van der Waals surface area contributed by atoms with E-state index in [2.05, 4.69) is 49.1 Å². The average Bonchev–Trinajstić information content (AvgIpc) is 3.26. The highest BCUT2D eigenvalue weighted by Crippen LogP contribution is 2.32. The van der Waals surface area contributed by atoms with E-state index in [-0.39, 0.29) is 24.0 Å². The third kappa shape index (κ3) is 7.10. The Morgan fingerprint density at radius 3 is 2.41 bits per heavy atom. The van der Waals surface area contributed by atoms with Gasteiger partial charge < -0.3 is 29.5 Å². The number of benzene rings is 1. The van der Waals surface area contributed by atoms with Crippen molar-refractivity contribution in [3.63, 3.8) is 0 Å². The number of ether oxygens (including phenoxy) is 2. The highest BCUT2D eigenvalue weighted by Gasteiger charge is 2.21. The number of nitrogens with one attached hydrogen (secondary N) is 1. The van der Waals surface area contributed by atoms with Crippen LogP contribution in [0.3, 0.4) is 0 Å². The molecule has 0 aromatic heterocycles. The third-order valence-electron chi connectivity index (χ3n) is 6.51. The Morgan fingerprint density at radius 2 is 1.66 bits per heavy atom. The molecule has 1 aromatic rings. The van der Waals surface area contributed by atoms with Crippen LogP contribution in [0.2, 0.25) is 0 Å². The monoisotopic (exact) mass is 558 g/mol. The highest BCUT2D eigenvalue weighted by atomic mass is 127. The van der Waals surface area contributed by atoms with Gasteiger partial charge >= 0.3 is 0 Å². The first kappa shape index (κ1) is 25.3. The quantitative estimate of drug-likeness (QED) is 0.237. The number of hydrogen-bond donors (Lipinski definition) is 1. The van der Waals surface area contributed by atoms with E-state index in [4.69, 9.17) is 9.47 Å². The Labute approximate surface area is 209 Å². The lowest BCUT2D eigenvalue weighted by Gasteiger charge is -2.36. The first-order valence-electron chi connectivity index (χ1n) is 11.7. The van der Waals surface area contributed by atoms with Crippen molar-refractivity contribution in [1.82, 2.24) is 24.9 Å². The van der Waals surface area contributed by atoms with E-state index in [9.17, 15) is 0 Å². The van der Waals surface area contributed by atoms with Crippen molar-refractivity contribution in [3.05, 3.63) is 23.8 Å². The number of halogens is 1. The van der Waals surface area contributed by atoms with Crippen LogP contribution in [0.15, 0.2) is 23.2 Å². The molecule has 0 saturated carbocycles. The van der Waals surface area contributed by atoms with Crippen molar-refractivity contribution in [2.45, 2.75) is 19.4 Å². The van der Waals surface area contributed by atoms with Gasteiger partial charge in [-0.3, -0.25) is 9.89 Å². The number of guanidine groups is 1. The Balaban J connectivity index is 0.00000289. The molecule has 32 heavy (non-hydrogen) atoms. The summed E-state index contributed by atoms with van der Waals surface area (Å²) in [5.41, 5.74) is 1.28. The second-order valence-electron chi connectivity index (χ2n) is 8.78. The van der Waals surface area contributed by atoms with Gasteiger partial charge in [-0.05, 0) is 44.1 Å². The van der Waals surface area contributed by atoms with Crippen LogP contribution >= 0.6 is 24.0 Å². The molecule has 0 unspecified atom stereocenters. The molecule has 9 heteroatoms.